The number of anilines is 2. The molecule has 0 radical (unpaired) electrons. The van der Waals surface area contributed by atoms with Crippen LogP contribution in [0, 0.1) is 11.3 Å². The number of amides is 3. The van der Waals surface area contributed by atoms with Crippen molar-refractivity contribution in [1.82, 2.24) is 5.32 Å². The second kappa shape index (κ2) is 9.58. The number of rotatable bonds is 6. The minimum absolute atomic E-state index is 0.395. The third-order valence-electron chi connectivity index (χ3n) is 3.35. The number of esters is 1. The van der Waals surface area contributed by atoms with Gasteiger partial charge in [0.2, 0.25) is 0 Å². The van der Waals surface area contributed by atoms with Crippen molar-refractivity contribution in [3.8, 4) is 6.07 Å². The quantitative estimate of drug-likeness (QED) is 0.677. The fraction of sp³-hybridized carbons (Fsp3) is 0.158. The lowest BCUT2D eigenvalue weighted by Crippen LogP contribution is -2.42. The number of urea groups is 1. The van der Waals surface area contributed by atoms with Crippen molar-refractivity contribution in [1.29, 1.82) is 5.26 Å². The Balaban J connectivity index is 1.76. The third-order valence-corrected chi connectivity index (χ3v) is 3.35. The molecule has 2 aromatic rings. The van der Waals surface area contributed by atoms with Gasteiger partial charge < -0.3 is 20.7 Å². The van der Waals surface area contributed by atoms with E-state index in [0.29, 0.717) is 16.9 Å². The molecule has 2 aromatic carbocycles. The van der Waals surface area contributed by atoms with Crippen LogP contribution < -0.4 is 16.0 Å². The van der Waals surface area contributed by atoms with Crippen LogP contribution in [-0.2, 0) is 14.3 Å². The Hall–Kier alpha value is -3.86. The Labute approximate surface area is 156 Å². The average molecular weight is 366 g/mol. The lowest BCUT2D eigenvalue weighted by molar-refractivity contribution is -0.148. The van der Waals surface area contributed by atoms with Gasteiger partial charge in [0.1, 0.15) is 6.04 Å². The fourth-order valence-electron chi connectivity index (χ4n) is 2.07. The monoisotopic (exact) mass is 366 g/mol. The van der Waals surface area contributed by atoms with Crippen molar-refractivity contribution < 1.29 is 19.1 Å². The number of benzene rings is 2. The molecule has 27 heavy (non-hydrogen) atoms. The zero-order valence-corrected chi connectivity index (χ0v) is 14.6. The molecule has 0 bridgehead atoms. The number of hydrogen-bond acceptors (Lipinski definition) is 5. The number of para-hydroxylation sites is 1. The van der Waals surface area contributed by atoms with E-state index in [9.17, 15) is 14.4 Å². The molecule has 0 aliphatic rings. The van der Waals surface area contributed by atoms with Gasteiger partial charge in [-0.3, -0.25) is 4.79 Å². The summed E-state index contributed by atoms with van der Waals surface area (Å²) in [7, 11) is 0. The lowest BCUT2D eigenvalue weighted by Gasteiger charge is -2.14. The highest BCUT2D eigenvalue weighted by molar-refractivity contribution is 5.95. The summed E-state index contributed by atoms with van der Waals surface area (Å²) in [6.07, 6.45) is 0. The van der Waals surface area contributed by atoms with Crippen molar-refractivity contribution in [3.63, 3.8) is 0 Å². The highest BCUT2D eigenvalue weighted by atomic mass is 16.5. The van der Waals surface area contributed by atoms with Gasteiger partial charge in [-0.1, -0.05) is 24.3 Å². The van der Waals surface area contributed by atoms with Crippen molar-refractivity contribution in [2.24, 2.45) is 0 Å². The maximum absolute atomic E-state index is 11.9. The maximum atomic E-state index is 11.9. The number of hydrogen-bond donors (Lipinski definition) is 3. The van der Waals surface area contributed by atoms with Gasteiger partial charge >= 0.3 is 12.0 Å². The molecular formula is C19H18N4O4. The van der Waals surface area contributed by atoms with Crippen molar-refractivity contribution >= 4 is 29.3 Å². The van der Waals surface area contributed by atoms with E-state index in [1.807, 2.05) is 12.1 Å². The topological polar surface area (TPSA) is 120 Å². The minimum atomic E-state index is -0.941. The molecule has 0 fully saturated rings. The van der Waals surface area contributed by atoms with Crippen molar-refractivity contribution in [2.45, 2.75) is 13.0 Å². The molecule has 2 rings (SSSR count). The molecule has 0 aliphatic heterocycles. The molecule has 0 unspecified atom stereocenters. The molecule has 8 nitrogen and oxygen atoms in total. The molecule has 138 valence electrons. The summed E-state index contributed by atoms with van der Waals surface area (Å²) in [6, 6.07) is 15.5. The van der Waals surface area contributed by atoms with Crippen molar-refractivity contribution in [2.75, 3.05) is 17.2 Å². The Morgan fingerprint density at radius 1 is 1.04 bits per heavy atom. The van der Waals surface area contributed by atoms with Crippen LogP contribution >= 0.6 is 0 Å². The third kappa shape index (κ3) is 6.51. The number of nitriles is 1. The molecule has 8 heteroatoms. The first-order chi connectivity index (χ1) is 13.0. The Kier molecular flexibility index (Phi) is 6.91. The van der Waals surface area contributed by atoms with Gasteiger partial charge in [0.25, 0.3) is 5.91 Å². The van der Waals surface area contributed by atoms with Crippen molar-refractivity contribution in [3.05, 3.63) is 60.2 Å². The summed E-state index contributed by atoms with van der Waals surface area (Å²) < 4.78 is 4.89. The smallest absolute Gasteiger partial charge is 0.328 e. The van der Waals surface area contributed by atoms with Crippen LogP contribution in [0.4, 0.5) is 16.2 Å². The van der Waals surface area contributed by atoms with E-state index >= 15 is 0 Å². The van der Waals surface area contributed by atoms with E-state index < -0.39 is 30.6 Å². The highest BCUT2D eigenvalue weighted by Gasteiger charge is 2.18. The largest absolute Gasteiger partial charge is 0.454 e. The Morgan fingerprint density at radius 2 is 1.74 bits per heavy atom. The second-order valence-corrected chi connectivity index (χ2v) is 5.53. The van der Waals surface area contributed by atoms with Gasteiger partial charge in [-0.15, -0.1) is 0 Å². The second-order valence-electron chi connectivity index (χ2n) is 5.53. The predicted octanol–water partition coefficient (Wildman–Crippen LogP) is 2.25. The predicted molar refractivity (Wildman–Crippen MR) is 98.8 cm³/mol. The van der Waals surface area contributed by atoms with Crippen LogP contribution in [0.5, 0.6) is 0 Å². The standard InChI is InChI=1S/C19H18N4O4/c1-13(21-19(26)23-15-7-3-2-4-8-15)18(25)27-12-17(24)22-16-9-5-6-14(10-16)11-20/h2-10,13H,12H2,1H3,(H,22,24)(H2,21,23,26)/t13-/m0/s1. The zero-order chi connectivity index (χ0) is 19.6. The van der Waals surface area contributed by atoms with E-state index in [-0.39, 0.29) is 0 Å². The van der Waals surface area contributed by atoms with Gasteiger partial charge in [-0.05, 0) is 37.3 Å². The van der Waals surface area contributed by atoms with Crippen LogP contribution in [-0.4, -0.2) is 30.6 Å². The molecule has 1 atom stereocenters. The molecule has 0 aliphatic carbocycles. The van der Waals surface area contributed by atoms with Gasteiger partial charge in [0, 0.05) is 11.4 Å². The van der Waals surface area contributed by atoms with Gasteiger partial charge in [0.05, 0.1) is 11.6 Å². The Bertz CT molecular complexity index is 862. The summed E-state index contributed by atoms with van der Waals surface area (Å²) >= 11 is 0. The number of carbonyl (C=O) groups excluding carboxylic acids is 3. The molecule has 0 saturated carbocycles. The molecule has 0 heterocycles. The van der Waals surface area contributed by atoms with Gasteiger partial charge in [-0.2, -0.15) is 5.26 Å². The van der Waals surface area contributed by atoms with E-state index in [1.165, 1.54) is 13.0 Å². The summed E-state index contributed by atoms with van der Waals surface area (Å²) in [4.78, 5) is 35.6. The molecular weight excluding hydrogens is 348 g/mol. The highest BCUT2D eigenvalue weighted by Crippen LogP contribution is 2.09. The number of ether oxygens (including phenoxy) is 1. The molecule has 0 aromatic heterocycles. The van der Waals surface area contributed by atoms with Gasteiger partial charge in [0.15, 0.2) is 6.61 Å². The Morgan fingerprint density at radius 3 is 2.44 bits per heavy atom. The first kappa shape index (κ1) is 19.5. The summed E-state index contributed by atoms with van der Waals surface area (Å²) in [5.41, 5.74) is 1.39. The van der Waals surface area contributed by atoms with Crippen LogP contribution in [0.2, 0.25) is 0 Å². The number of nitrogens with zero attached hydrogens (tertiary/aromatic N) is 1. The SMILES string of the molecule is C[C@H](NC(=O)Nc1ccccc1)C(=O)OCC(=O)Nc1cccc(C#N)c1. The fourth-order valence-corrected chi connectivity index (χ4v) is 2.07. The molecule has 3 N–H and O–H groups in total. The van der Waals surface area contributed by atoms with E-state index in [0.717, 1.165) is 0 Å². The average Bonchev–Trinajstić information content (AvgIpc) is 2.66. The first-order valence-electron chi connectivity index (χ1n) is 8.07. The minimum Gasteiger partial charge on any atom is -0.454 e. The number of nitrogens with one attached hydrogen (secondary N) is 3. The van der Waals surface area contributed by atoms with Crippen LogP contribution in [0.3, 0.4) is 0 Å². The first-order valence-corrected chi connectivity index (χ1v) is 8.07. The summed E-state index contributed by atoms with van der Waals surface area (Å²) in [5, 5.41) is 16.3. The summed E-state index contributed by atoms with van der Waals surface area (Å²) in [6.45, 7) is 0.934. The van der Waals surface area contributed by atoms with E-state index in [4.69, 9.17) is 10.00 Å². The normalized spacial score (nSPS) is 10.8. The van der Waals surface area contributed by atoms with Crippen LogP contribution in [0.25, 0.3) is 0 Å². The van der Waals surface area contributed by atoms with Gasteiger partial charge in [-0.25, -0.2) is 9.59 Å². The summed E-state index contributed by atoms with van der Waals surface area (Å²) in [5.74, 6) is -1.31. The molecule has 3 amide bonds. The number of carbonyl (C=O) groups is 3. The van der Waals surface area contributed by atoms with Crippen LogP contribution in [0.1, 0.15) is 12.5 Å². The van der Waals surface area contributed by atoms with Crippen LogP contribution in [0.15, 0.2) is 54.6 Å². The maximum Gasteiger partial charge on any atom is 0.328 e. The molecule has 0 saturated heterocycles. The van der Waals surface area contributed by atoms with E-state index in [1.54, 1.807) is 42.5 Å². The molecule has 0 spiro atoms. The van der Waals surface area contributed by atoms with E-state index in [2.05, 4.69) is 16.0 Å². The lowest BCUT2D eigenvalue weighted by atomic mass is 10.2. The zero-order valence-electron chi connectivity index (χ0n) is 14.6.